The van der Waals surface area contributed by atoms with E-state index in [4.69, 9.17) is 0 Å². The van der Waals surface area contributed by atoms with Crippen LogP contribution in [0.25, 0.3) is 0 Å². The zero-order valence-corrected chi connectivity index (χ0v) is 12.4. The molecule has 0 fully saturated rings. The van der Waals surface area contributed by atoms with Gasteiger partial charge in [-0.05, 0) is 27.0 Å². The number of anilines is 1. The Morgan fingerprint density at radius 2 is 2.26 bits per heavy atom. The van der Waals surface area contributed by atoms with Gasteiger partial charge in [-0.3, -0.25) is 10.1 Å². The van der Waals surface area contributed by atoms with E-state index in [1.165, 1.54) is 11.8 Å². The van der Waals surface area contributed by atoms with E-state index in [9.17, 15) is 15.2 Å². The summed E-state index contributed by atoms with van der Waals surface area (Å²) < 4.78 is 1.58. The van der Waals surface area contributed by atoms with E-state index in [0.717, 1.165) is 0 Å². The number of aromatic nitrogens is 2. The lowest BCUT2D eigenvalue weighted by Gasteiger charge is -2.22. The number of nitrogens with zero attached hydrogens (tertiary/aromatic N) is 3. The average Bonchev–Trinajstić information content (AvgIpc) is 2.67. The van der Waals surface area contributed by atoms with E-state index in [1.54, 1.807) is 11.6 Å². The van der Waals surface area contributed by atoms with Crippen molar-refractivity contribution in [3.63, 3.8) is 0 Å². The van der Waals surface area contributed by atoms with Crippen molar-refractivity contribution in [2.75, 3.05) is 18.2 Å². The van der Waals surface area contributed by atoms with Crippen molar-refractivity contribution in [3.05, 3.63) is 15.8 Å². The Kier molecular flexibility index (Phi) is 5.61. The van der Waals surface area contributed by atoms with E-state index >= 15 is 0 Å². The van der Waals surface area contributed by atoms with Crippen LogP contribution in [0.2, 0.25) is 0 Å². The third-order valence-corrected chi connectivity index (χ3v) is 4.15. The van der Waals surface area contributed by atoms with Gasteiger partial charge in [-0.2, -0.15) is 16.9 Å². The van der Waals surface area contributed by atoms with Gasteiger partial charge in [0, 0.05) is 17.8 Å². The van der Waals surface area contributed by atoms with Crippen LogP contribution < -0.4 is 5.32 Å². The molecule has 7 nitrogen and oxygen atoms in total. The molecule has 1 rings (SSSR count). The molecule has 0 spiro atoms. The maximum Gasteiger partial charge on any atom is 0.333 e. The third kappa shape index (κ3) is 3.38. The van der Waals surface area contributed by atoms with Crippen LogP contribution in [0.5, 0.6) is 0 Å². The first kappa shape index (κ1) is 15.8. The van der Waals surface area contributed by atoms with Crippen LogP contribution in [0.1, 0.15) is 19.5 Å². The molecular formula is C11H20N4O3S. The van der Waals surface area contributed by atoms with Gasteiger partial charge >= 0.3 is 5.69 Å². The molecule has 0 aliphatic heterocycles. The predicted octanol–water partition coefficient (Wildman–Crippen LogP) is 1.64. The van der Waals surface area contributed by atoms with E-state index in [1.807, 2.05) is 20.1 Å². The van der Waals surface area contributed by atoms with Crippen molar-refractivity contribution < 1.29 is 10.0 Å². The Bertz CT molecular complexity index is 445. The maximum atomic E-state index is 11.1. The molecule has 0 aliphatic carbocycles. The highest BCUT2D eigenvalue weighted by atomic mass is 32.2. The van der Waals surface area contributed by atoms with E-state index in [-0.39, 0.29) is 23.6 Å². The number of hydrogen-bond donors (Lipinski definition) is 2. The smallest absolute Gasteiger partial charge is 0.333 e. The Labute approximate surface area is 116 Å². The van der Waals surface area contributed by atoms with Crippen LogP contribution in [0.15, 0.2) is 0 Å². The molecule has 2 N–H and O–H groups in total. The lowest BCUT2D eigenvalue weighted by molar-refractivity contribution is -0.384. The largest absolute Gasteiger partial charge is 0.395 e. The minimum atomic E-state index is -0.420. The van der Waals surface area contributed by atoms with Gasteiger partial charge in [-0.15, -0.1) is 0 Å². The van der Waals surface area contributed by atoms with Crippen molar-refractivity contribution in [2.24, 2.45) is 0 Å². The summed E-state index contributed by atoms with van der Waals surface area (Å²) in [5, 5.41) is 27.6. The maximum absolute atomic E-state index is 11.1. The summed E-state index contributed by atoms with van der Waals surface area (Å²) in [7, 11) is 0. The Hall–Kier alpha value is -1.28. The molecule has 1 aromatic heterocycles. The monoisotopic (exact) mass is 288 g/mol. The molecule has 1 heterocycles. The molecule has 19 heavy (non-hydrogen) atoms. The number of nitro groups is 1. The Morgan fingerprint density at radius 3 is 2.68 bits per heavy atom. The highest BCUT2D eigenvalue weighted by Gasteiger charge is 2.27. The normalized spacial score (nSPS) is 14.2. The number of hydrogen-bond acceptors (Lipinski definition) is 6. The third-order valence-electron chi connectivity index (χ3n) is 2.98. The number of aliphatic hydroxyl groups excluding tert-OH is 1. The second kappa shape index (κ2) is 6.76. The van der Waals surface area contributed by atoms with E-state index in [0.29, 0.717) is 18.1 Å². The molecular weight excluding hydrogens is 268 g/mol. The molecule has 108 valence electrons. The van der Waals surface area contributed by atoms with Crippen LogP contribution in [-0.2, 0) is 6.54 Å². The molecule has 1 aromatic rings. The zero-order chi connectivity index (χ0) is 14.6. The predicted molar refractivity (Wildman–Crippen MR) is 76.8 cm³/mol. The second-order valence-electron chi connectivity index (χ2n) is 4.25. The lowest BCUT2D eigenvalue weighted by atomic mass is 10.2. The van der Waals surface area contributed by atoms with Gasteiger partial charge in [0.2, 0.25) is 5.82 Å². The molecule has 0 bridgehead atoms. The summed E-state index contributed by atoms with van der Waals surface area (Å²) >= 11 is 1.52. The first-order chi connectivity index (χ1) is 8.96. The molecule has 0 aliphatic rings. The summed E-state index contributed by atoms with van der Waals surface area (Å²) in [4.78, 5) is 10.7. The molecule has 2 atom stereocenters. The fraction of sp³-hybridized carbons (Fsp3) is 0.727. The second-order valence-corrected chi connectivity index (χ2v) is 5.32. The van der Waals surface area contributed by atoms with Gasteiger partial charge in [0.15, 0.2) is 0 Å². The molecule has 0 saturated carbocycles. The van der Waals surface area contributed by atoms with E-state index in [2.05, 4.69) is 10.4 Å². The minimum absolute atomic E-state index is 0.00601. The molecule has 2 unspecified atom stereocenters. The standard InChI is InChI=1S/C11H20N4O3S/c1-5-14-11(10(15(17)18)8(3)13-14)12-7(2)9(6-16)19-4/h7,9,12,16H,5-6H2,1-4H3. The zero-order valence-electron chi connectivity index (χ0n) is 11.6. The summed E-state index contributed by atoms with van der Waals surface area (Å²) in [6.07, 6.45) is 1.90. The van der Waals surface area contributed by atoms with Gasteiger partial charge in [0.05, 0.1) is 11.5 Å². The SMILES string of the molecule is CCn1nc(C)c([N+](=O)[O-])c1NC(C)C(CO)SC. The highest BCUT2D eigenvalue weighted by Crippen LogP contribution is 2.29. The van der Waals surface area contributed by atoms with Crippen molar-refractivity contribution in [3.8, 4) is 0 Å². The number of thioether (sulfide) groups is 1. The van der Waals surface area contributed by atoms with Crippen molar-refractivity contribution in [1.29, 1.82) is 0 Å². The van der Waals surface area contributed by atoms with Crippen molar-refractivity contribution in [2.45, 2.75) is 38.6 Å². The number of nitrogens with one attached hydrogen (secondary N) is 1. The fourth-order valence-electron chi connectivity index (χ4n) is 1.91. The van der Waals surface area contributed by atoms with Gasteiger partial charge in [-0.1, -0.05) is 0 Å². The minimum Gasteiger partial charge on any atom is -0.395 e. The molecule has 0 radical (unpaired) electrons. The molecule has 0 aromatic carbocycles. The topological polar surface area (TPSA) is 93.2 Å². The number of aryl methyl sites for hydroxylation is 2. The van der Waals surface area contributed by atoms with Gasteiger partial charge in [-0.25, -0.2) is 4.68 Å². The van der Waals surface area contributed by atoms with Crippen LogP contribution in [0.4, 0.5) is 11.5 Å². The summed E-state index contributed by atoms with van der Waals surface area (Å²) in [6.45, 7) is 5.96. The van der Waals surface area contributed by atoms with Crippen LogP contribution in [0.3, 0.4) is 0 Å². The highest BCUT2D eigenvalue weighted by molar-refractivity contribution is 7.99. The van der Waals surface area contributed by atoms with Crippen LogP contribution >= 0.6 is 11.8 Å². The number of rotatable bonds is 7. The summed E-state index contributed by atoms with van der Waals surface area (Å²) in [5.41, 5.74) is 0.401. The molecule has 0 saturated heterocycles. The van der Waals surface area contributed by atoms with Crippen LogP contribution in [0, 0.1) is 17.0 Å². The average molecular weight is 288 g/mol. The Morgan fingerprint density at radius 1 is 1.63 bits per heavy atom. The van der Waals surface area contributed by atoms with Crippen molar-refractivity contribution in [1.82, 2.24) is 9.78 Å². The summed E-state index contributed by atoms with van der Waals surface area (Å²) in [6, 6.07) is -0.0971. The quantitative estimate of drug-likeness (QED) is 0.585. The van der Waals surface area contributed by atoms with Gasteiger partial charge in [0.1, 0.15) is 5.69 Å². The Balaban J connectivity index is 3.08. The lowest BCUT2D eigenvalue weighted by Crippen LogP contribution is -2.32. The first-order valence-electron chi connectivity index (χ1n) is 6.08. The number of aliphatic hydroxyl groups is 1. The summed E-state index contributed by atoms with van der Waals surface area (Å²) in [5.74, 6) is 0.407. The molecule has 8 heteroatoms. The van der Waals surface area contributed by atoms with E-state index < -0.39 is 4.92 Å². The van der Waals surface area contributed by atoms with Gasteiger partial charge in [0.25, 0.3) is 0 Å². The molecule has 0 amide bonds. The van der Waals surface area contributed by atoms with Crippen LogP contribution in [-0.4, -0.2) is 44.0 Å². The fourth-order valence-corrected chi connectivity index (χ4v) is 2.53. The first-order valence-corrected chi connectivity index (χ1v) is 7.36. The van der Waals surface area contributed by atoms with Gasteiger partial charge < -0.3 is 10.4 Å². The van der Waals surface area contributed by atoms with Crippen molar-refractivity contribution >= 4 is 23.3 Å².